The monoisotopic (exact) mass is 312 g/mol. The fraction of sp³-hybridized carbons (Fsp3) is 0.600. The Morgan fingerprint density at radius 2 is 1.05 bits per heavy atom. The molecule has 0 aliphatic heterocycles. The summed E-state index contributed by atoms with van der Waals surface area (Å²) >= 11 is 0. The van der Waals surface area contributed by atoms with Crippen LogP contribution in [0.15, 0.2) is 24.3 Å². The van der Waals surface area contributed by atoms with E-state index in [9.17, 15) is 0 Å². The van der Waals surface area contributed by atoms with Crippen molar-refractivity contribution in [3.63, 3.8) is 0 Å². The summed E-state index contributed by atoms with van der Waals surface area (Å²) < 4.78 is 16.6. The topological polar surface area (TPSA) is 27.7 Å². The fourth-order valence-corrected chi connectivity index (χ4v) is 8.37. The summed E-state index contributed by atoms with van der Waals surface area (Å²) in [5.74, 6) is 0. The van der Waals surface area contributed by atoms with Gasteiger partial charge in [0.1, 0.15) is 0 Å². The molecular formula is C15H28O3Si2. The van der Waals surface area contributed by atoms with Crippen LogP contribution in [0, 0.1) is 0 Å². The first kappa shape index (κ1) is 17.6. The Balaban J connectivity index is 3.16. The van der Waals surface area contributed by atoms with Crippen LogP contribution in [-0.2, 0) is 13.3 Å². The van der Waals surface area contributed by atoms with Crippen molar-refractivity contribution in [2.75, 3.05) is 21.3 Å². The molecule has 114 valence electrons. The van der Waals surface area contributed by atoms with Gasteiger partial charge in [-0.05, 0) is 0 Å². The van der Waals surface area contributed by atoms with Gasteiger partial charge in [0.05, 0.1) is 8.07 Å². The lowest BCUT2D eigenvalue weighted by molar-refractivity contribution is 0.140. The van der Waals surface area contributed by atoms with Crippen molar-refractivity contribution in [2.45, 2.75) is 38.9 Å². The molecule has 0 amide bonds. The van der Waals surface area contributed by atoms with Gasteiger partial charge in [0, 0.05) is 26.5 Å². The van der Waals surface area contributed by atoms with Crippen molar-refractivity contribution in [1.82, 2.24) is 0 Å². The summed E-state index contributed by atoms with van der Waals surface area (Å²) in [6.07, 6.45) is 0. The fourth-order valence-electron chi connectivity index (χ4n) is 2.99. The van der Waals surface area contributed by atoms with Crippen molar-refractivity contribution in [1.29, 1.82) is 0 Å². The molecule has 1 aromatic rings. The van der Waals surface area contributed by atoms with Gasteiger partial charge in [-0.25, -0.2) is 0 Å². The van der Waals surface area contributed by atoms with Crippen LogP contribution in [0.3, 0.4) is 0 Å². The van der Waals surface area contributed by atoms with Gasteiger partial charge in [0.15, 0.2) is 0 Å². The van der Waals surface area contributed by atoms with E-state index < -0.39 is 16.9 Å². The third-order valence-corrected chi connectivity index (χ3v) is 13.0. The first-order chi connectivity index (χ1) is 9.57. The molecule has 0 saturated carbocycles. The molecule has 0 unspecified atom stereocenters. The predicted octanol–water partition coefficient (Wildman–Crippen LogP) is 2.49. The molecule has 0 bridgehead atoms. The molecular weight excluding hydrogens is 284 g/mol. The molecule has 0 aliphatic rings. The average molecular weight is 313 g/mol. The summed E-state index contributed by atoms with van der Waals surface area (Å²) in [5, 5.41) is 2.56. The maximum Gasteiger partial charge on any atom is 0.536 e. The molecule has 0 fully saturated rings. The van der Waals surface area contributed by atoms with E-state index >= 15 is 0 Å². The Labute approximate surface area is 125 Å². The molecule has 0 aliphatic carbocycles. The molecule has 1 aromatic carbocycles. The molecule has 3 nitrogen and oxygen atoms in total. The first-order valence-corrected chi connectivity index (χ1v) is 11.7. The van der Waals surface area contributed by atoms with Gasteiger partial charge < -0.3 is 13.3 Å². The molecule has 0 saturated heterocycles. The highest BCUT2D eigenvalue weighted by Crippen LogP contribution is 2.20. The van der Waals surface area contributed by atoms with Gasteiger partial charge in [-0.1, -0.05) is 68.4 Å². The third kappa shape index (κ3) is 3.07. The lowest BCUT2D eigenvalue weighted by atomic mass is 10.4. The smallest absolute Gasteiger partial charge is 0.373 e. The van der Waals surface area contributed by atoms with Crippen molar-refractivity contribution in [2.24, 2.45) is 0 Å². The molecule has 0 atom stereocenters. The van der Waals surface area contributed by atoms with Gasteiger partial charge in [0.25, 0.3) is 0 Å². The number of rotatable bonds is 8. The second kappa shape index (κ2) is 7.52. The number of hydrogen-bond donors (Lipinski definition) is 0. The van der Waals surface area contributed by atoms with Gasteiger partial charge in [-0.15, -0.1) is 0 Å². The Morgan fingerprint density at radius 1 is 0.700 bits per heavy atom. The van der Waals surface area contributed by atoms with E-state index in [1.807, 2.05) is 0 Å². The zero-order chi connectivity index (χ0) is 15.2. The van der Waals surface area contributed by atoms with Crippen LogP contribution in [0.25, 0.3) is 0 Å². The quantitative estimate of drug-likeness (QED) is 0.690. The van der Waals surface area contributed by atoms with Crippen molar-refractivity contribution >= 4 is 27.3 Å². The maximum absolute atomic E-state index is 5.53. The third-order valence-electron chi connectivity index (χ3n) is 4.69. The first-order valence-electron chi connectivity index (χ1n) is 7.34. The SMILES string of the molecule is CC[Si](CC)(CC)c1ccc([Si](OC)(OC)OC)cc1. The minimum Gasteiger partial charge on any atom is -0.373 e. The highest BCUT2D eigenvalue weighted by atomic mass is 28.4. The Morgan fingerprint density at radius 3 is 1.35 bits per heavy atom. The van der Waals surface area contributed by atoms with Crippen LogP contribution in [0.5, 0.6) is 0 Å². The normalized spacial score (nSPS) is 12.7. The molecule has 5 heteroatoms. The van der Waals surface area contributed by atoms with Crippen LogP contribution < -0.4 is 10.4 Å². The second-order valence-electron chi connectivity index (χ2n) is 5.09. The summed E-state index contributed by atoms with van der Waals surface area (Å²) in [6.45, 7) is 6.98. The van der Waals surface area contributed by atoms with Crippen LogP contribution in [0.1, 0.15) is 20.8 Å². The molecule has 1 rings (SSSR count). The van der Waals surface area contributed by atoms with Crippen LogP contribution in [-0.4, -0.2) is 38.2 Å². The largest absolute Gasteiger partial charge is 0.536 e. The zero-order valence-corrected chi connectivity index (χ0v) is 15.7. The van der Waals surface area contributed by atoms with E-state index in [1.165, 1.54) is 23.3 Å². The van der Waals surface area contributed by atoms with Gasteiger partial charge in [-0.3, -0.25) is 0 Å². The number of hydrogen-bond acceptors (Lipinski definition) is 3. The molecule has 0 spiro atoms. The van der Waals surface area contributed by atoms with E-state index in [1.54, 1.807) is 21.3 Å². The van der Waals surface area contributed by atoms with E-state index in [0.29, 0.717) is 0 Å². The zero-order valence-electron chi connectivity index (χ0n) is 13.7. The van der Waals surface area contributed by atoms with Crippen LogP contribution in [0.4, 0.5) is 0 Å². The summed E-state index contributed by atoms with van der Waals surface area (Å²) in [7, 11) is 0.944. The maximum atomic E-state index is 5.53. The van der Waals surface area contributed by atoms with E-state index in [2.05, 4.69) is 45.0 Å². The van der Waals surface area contributed by atoms with Crippen LogP contribution in [0.2, 0.25) is 18.1 Å². The molecule has 20 heavy (non-hydrogen) atoms. The molecule has 0 radical (unpaired) electrons. The summed E-state index contributed by atoms with van der Waals surface area (Å²) in [6, 6.07) is 12.7. The molecule has 0 heterocycles. The molecule has 0 aromatic heterocycles. The van der Waals surface area contributed by atoms with E-state index in [0.717, 1.165) is 5.19 Å². The van der Waals surface area contributed by atoms with Gasteiger partial charge in [-0.2, -0.15) is 0 Å². The predicted molar refractivity (Wildman–Crippen MR) is 89.7 cm³/mol. The lowest BCUT2D eigenvalue weighted by Crippen LogP contribution is -2.55. The second-order valence-corrected chi connectivity index (χ2v) is 13.3. The van der Waals surface area contributed by atoms with E-state index in [4.69, 9.17) is 13.3 Å². The van der Waals surface area contributed by atoms with Crippen LogP contribution >= 0.6 is 0 Å². The summed E-state index contributed by atoms with van der Waals surface area (Å²) in [5.41, 5.74) is 0. The lowest BCUT2D eigenvalue weighted by Gasteiger charge is -2.30. The minimum atomic E-state index is -2.69. The molecule has 0 N–H and O–H groups in total. The average Bonchev–Trinajstić information content (AvgIpc) is 2.53. The summed E-state index contributed by atoms with van der Waals surface area (Å²) in [4.78, 5) is 0. The van der Waals surface area contributed by atoms with E-state index in [-0.39, 0.29) is 0 Å². The standard InChI is InChI=1S/C15H28O3Si2/c1-7-19(8-2,9-3)14-10-12-15(13-11-14)20(16-4,17-5)18-6/h10-13H,7-9H2,1-6H3. The Hall–Kier alpha value is -0.466. The van der Waals surface area contributed by atoms with Crippen molar-refractivity contribution < 1.29 is 13.3 Å². The Bertz CT molecular complexity index is 343. The van der Waals surface area contributed by atoms with Crippen molar-refractivity contribution in [3.05, 3.63) is 24.3 Å². The van der Waals surface area contributed by atoms with Crippen molar-refractivity contribution in [3.8, 4) is 0 Å². The minimum absolute atomic E-state index is 1.03. The van der Waals surface area contributed by atoms with Gasteiger partial charge in [0.2, 0.25) is 0 Å². The van der Waals surface area contributed by atoms with Gasteiger partial charge >= 0.3 is 8.80 Å². The Kier molecular flexibility index (Phi) is 6.61. The highest BCUT2D eigenvalue weighted by molar-refractivity contribution is 6.91. The highest BCUT2D eigenvalue weighted by Gasteiger charge is 2.41. The number of benzene rings is 1.